The maximum Gasteiger partial charge on any atom is 0.259 e. The number of nitrogen functional groups attached to an aromatic ring is 1. The molecule has 3 N–H and O–H groups in total. The first-order valence-corrected chi connectivity index (χ1v) is 5.67. The molecule has 20 heavy (non-hydrogen) atoms. The molecule has 0 bridgehead atoms. The fourth-order valence-electron chi connectivity index (χ4n) is 1.68. The van der Waals surface area contributed by atoms with E-state index in [4.69, 9.17) is 15.4 Å². The number of nitrogens with two attached hydrogens (primary N) is 1. The molecule has 6 nitrogen and oxygen atoms in total. The van der Waals surface area contributed by atoms with E-state index in [0.29, 0.717) is 16.8 Å². The molecule has 100 valence electrons. The minimum absolute atomic E-state index is 0.210. The summed E-state index contributed by atoms with van der Waals surface area (Å²) in [5.41, 5.74) is 7.06. The smallest absolute Gasteiger partial charge is 0.259 e. The molecule has 0 aliphatic heterocycles. The van der Waals surface area contributed by atoms with Gasteiger partial charge >= 0.3 is 0 Å². The first kappa shape index (κ1) is 12.1. The van der Waals surface area contributed by atoms with Gasteiger partial charge in [-0.2, -0.15) is 4.98 Å². The topological polar surface area (TPSA) is 98.1 Å². The lowest BCUT2D eigenvalue weighted by atomic mass is 10.2. The fraction of sp³-hybridized carbons (Fsp3) is 0. The number of rotatable bonds is 2. The van der Waals surface area contributed by atoms with Crippen molar-refractivity contribution in [2.75, 3.05) is 5.73 Å². The Morgan fingerprint density at radius 2 is 2.00 bits per heavy atom. The average Bonchev–Trinajstić information content (AvgIpc) is 2.92. The summed E-state index contributed by atoms with van der Waals surface area (Å²) in [6, 6.07) is 5.48. The van der Waals surface area contributed by atoms with Crippen molar-refractivity contribution >= 4 is 5.69 Å². The van der Waals surface area contributed by atoms with Crippen LogP contribution in [0.5, 0.6) is 5.75 Å². The van der Waals surface area contributed by atoms with Crippen molar-refractivity contribution in [3.63, 3.8) is 0 Å². The monoisotopic (exact) mass is 272 g/mol. The molecule has 0 saturated heterocycles. The molecule has 3 rings (SSSR count). The zero-order chi connectivity index (χ0) is 14.1. The third-order valence-electron chi connectivity index (χ3n) is 2.64. The van der Waals surface area contributed by atoms with E-state index in [1.165, 1.54) is 24.5 Å². The van der Waals surface area contributed by atoms with E-state index in [1.54, 1.807) is 6.07 Å². The number of anilines is 1. The van der Waals surface area contributed by atoms with Crippen LogP contribution in [0.15, 0.2) is 41.2 Å². The largest absolute Gasteiger partial charge is 0.505 e. The van der Waals surface area contributed by atoms with Gasteiger partial charge in [-0.05, 0) is 24.3 Å². The summed E-state index contributed by atoms with van der Waals surface area (Å²) in [5.74, 6) is -0.744. The standard InChI is InChI=1S/C13H9FN4O2/c14-10-4-7(1-2-11(10)19)12-17-13(20-18-12)8-3-9(15)6-16-5-8/h1-6,19H,15H2. The average molecular weight is 272 g/mol. The van der Waals surface area contributed by atoms with Crippen LogP contribution in [0.3, 0.4) is 0 Å². The molecule has 7 heteroatoms. The molecule has 0 aliphatic rings. The molecule has 0 spiro atoms. The molecule has 0 atom stereocenters. The number of benzene rings is 1. The third-order valence-corrected chi connectivity index (χ3v) is 2.64. The lowest BCUT2D eigenvalue weighted by Crippen LogP contribution is -1.88. The van der Waals surface area contributed by atoms with Crippen LogP contribution >= 0.6 is 0 Å². The summed E-state index contributed by atoms with van der Waals surface area (Å²) >= 11 is 0. The molecule has 0 fully saturated rings. The van der Waals surface area contributed by atoms with Gasteiger partial charge in [0.2, 0.25) is 5.82 Å². The van der Waals surface area contributed by atoms with E-state index in [2.05, 4.69) is 15.1 Å². The highest BCUT2D eigenvalue weighted by molar-refractivity contribution is 5.62. The van der Waals surface area contributed by atoms with Crippen molar-refractivity contribution in [3.8, 4) is 28.6 Å². The van der Waals surface area contributed by atoms with Gasteiger partial charge in [0.05, 0.1) is 11.3 Å². The highest BCUT2D eigenvalue weighted by Crippen LogP contribution is 2.25. The zero-order valence-electron chi connectivity index (χ0n) is 10.1. The molecule has 0 radical (unpaired) electrons. The van der Waals surface area contributed by atoms with Crippen molar-refractivity contribution in [3.05, 3.63) is 42.5 Å². The lowest BCUT2D eigenvalue weighted by Gasteiger charge is -1.97. The SMILES string of the molecule is Nc1cncc(-c2nc(-c3ccc(O)c(F)c3)no2)c1. The lowest BCUT2D eigenvalue weighted by molar-refractivity contribution is 0.430. The van der Waals surface area contributed by atoms with Crippen LogP contribution in [-0.2, 0) is 0 Å². The normalized spacial score (nSPS) is 10.7. The summed E-state index contributed by atoms with van der Waals surface area (Å²) in [6.07, 6.45) is 3.03. The number of hydrogen-bond donors (Lipinski definition) is 2. The van der Waals surface area contributed by atoms with Crippen molar-refractivity contribution in [2.45, 2.75) is 0 Å². The maximum atomic E-state index is 13.3. The molecule has 1 aromatic carbocycles. The minimum atomic E-state index is -0.750. The summed E-state index contributed by atoms with van der Waals surface area (Å²) < 4.78 is 18.4. The van der Waals surface area contributed by atoms with Gasteiger partial charge in [-0.1, -0.05) is 5.16 Å². The number of halogens is 1. The number of phenols is 1. The van der Waals surface area contributed by atoms with Gasteiger partial charge in [0.15, 0.2) is 11.6 Å². The Balaban J connectivity index is 1.99. The number of hydrogen-bond acceptors (Lipinski definition) is 6. The first-order chi connectivity index (χ1) is 9.63. The Morgan fingerprint density at radius 3 is 2.75 bits per heavy atom. The summed E-state index contributed by atoms with van der Waals surface area (Å²) in [7, 11) is 0. The second kappa shape index (κ2) is 4.61. The van der Waals surface area contributed by atoms with Crippen molar-refractivity contribution < 1.29 is 14.0 Å². The van der Waals surface area contributed by atoms with Crippen LogP contribution in [-0.4, -0.2) is 20.2 Å². The predicted molar refractivity (Wildman–Crippen MR) is 69.0 cm³/mol. The highest BCUT2D eigenvalue weighted by atomic mass is 19.1. The van der Waals surface area contributed by atoms with Gasteiger partial charge < -0.3 is 15.4 Å². The number of aromatic hydroxyl groups is 1. The number of nitrogens with zero attached hydrogens (tertiary/aromatic N) is 3. The number of aromatic nitrogens is 3. The van der Waals surface area contributed by atoms with E-state index in [0.717, 1.165) is 6.07 Å². The fourth-order valence-corrected chi connectivity index (χ4v) is 1.68. The van der Waals surface area contributed by atoms with Crippen molar-refractivity contribution in [1.29, 1.82) is 0 Å². The molecule has 0 aliphatic carbocycles. The van der Waals surface area contributed by atoms with Crippen LogP contribution in [0, 0.1) is 5.82 Å². The summed E-state index contributed by atoms with van der Waals surface area (Å²) in [6.45, 7) is 0. The molecule has 0 saturated carbocycles. The van der Waals surface area contributed by atoms with E-state index < -0.39 is 11.6 Å². The molecule has 2 heterocycles. The Labute approximate surface area is 112 Å². The van der Waals surface area contributed by atoms with Crippen LogP contribution in [0.25, 0.3) is 22.8 Å². The highest BCUT2D eigenvalue weighted by Gasteiger charge is 2.12. The summed E-state index contributed by atoms with van der Waals surface area (Å²) in [4.78, 5) is 8.06. The molecular weight excluding hydrogens is 263 g/mol. The maximum absolute atomic E-state index is 13.3. The van der Waals surface area contributed by atoms with Crippen molar-refractivity contribution in [1.82, 2.24) is 15.1 Å². The first-order valence-electron chi connectivity index (χ1n) is 5.67. The van der Waals surface area contributed by atoms with E-state index >= 15 is 0 Å². The second-order valence-corrected chi connectivity index (χ2v) is 4.10. The van der Waals surface area contributed by atoms with E-state index in [-0.39, 0.29) is 11.7 Å². The number of pyridine rings is 1. The molecule has 0 amide bonds. The Hall–Kier alpha value is -2.96. The summed E-state index contributed by atoms with van der Waals surface area (Å²) in [5, 5.41) is 12.9. The van der Waals surface area contributed by atoms with Crippen molar-refractivity contribution in [2.24, 2.45) is 0 Å². The van der Waals surface area contributed by atoms with Gasteiger partial charge in [0, 0.05) is 18.0 Å². The van der Waals surface area contributed by atoms with Crippen LogP contribution in [0.2, 0.25) is 0 Å². The molecule has 2 aromatic heterocycles. The van der Waals surface area contributed by atoms with E-state index in [1.807, 2.05) is 0 Å². The Morgan fingerprint density at radius 1 is 1.15 bits per heavy atom. The van der Waals surface area contributed by atoms with Gasteiger partial charge in [-0.15, -0.1) is 0 Å². The third kappa shape index (κ3) is 2.16. The van der Waals surface area contributed by atoms with Crippen LogP contribution < -0.4 is 5.73 Å². The Kier molecular flexibility index (Phi) is 2.79. The molecular formula is C13H9FN4O2. The molecule has 0 unspecified atom stereocenters. The van der Waals surface area contributed by atoms with Crippen LogP contribution in [0.4, 0.5) is 10.1 Å². The zero-order valence-corrected chi connectivity index (χ0v) is 10.1. The van der Waals surface area contributed by atoms with E-state index in [9.17, 15) is 4.39 Å². The Bertz CT molecular complexity index is 773. The predicted octanol–water partition coefficient (Wildman–Crippen LogP) is 2.23. The van der Waals surface area contributed by atoms with Gasteiger partial charge in [-0.25, -0.2) is 4.39 Å². The molecule has 3 aromatic rings. The van der Waals surface area contributed by atoms with Gasteiger partial charge in [0.25, 0.3) is 5.89 Å². The van der Waals surface area contributed by atoms with Gasteiger partial charge in [0.1, 0.15) is 0 Å². The number of phenolic OH excluding ortho intramolecular Hbond substituents is 1. The van der Waals surface area contributed by atoms with Crippen LogP contribution in [0.1, 0.15) is 0 Å². The minimum Gasteiger partial charge on any atom is -0.505 e. The van der Waals surface area contributed by atoms with Gasteiger partial charge in [-0.3, -0.25) is 4.98 Å². The quantitative estimate of drug-likeness (QED) is 0.742. The second-order valence-electron chi connectivity index (χ2n) is 4.10.